The monoisotopic (exact) mass is 437 g/mol. The fourth-order valence-corrected chi connectivity index (χ4v) is 5.41. The molecular weight excluding hydrogens is 413 g/mol. The average molecular weight is 438 g/mol. The van der Waals surface area contributed by atoms with Crippen molar-refractivity contribution in [3.8, 4) is 5.88 Å². The second-order valence-corrected chi connectivity index (χ2v) is 8.91. The van der Waals surface area contributed by atoms with Crippen molar-refractivity contribution < 1.29 is 9.50 Å². The molecule has 0 amide bonds. The van der Waals surface area contributed by atoms with Crippen molar-refractivity contribution in [1.29, 1.82) is 0 Å². The molecule has 0 saturated carbocycles. The smallest absolute Gasteiger partial charge is 0.230 e. The van der Waals surface area contributed by atoms with Gasteiger partial charge < -0.3 is 5.11 Å². The Morgan fingerprint density at radius 2 is 1.84 bits per heavy atom. The van der Waals surface area contributed by atoms with Crippen molar-refractivity contribution in [2.45, 2.75) is 19.5 Å². The summed E-state index contributed by atoms with van der Waals surface area (Å²) in [6, 6.07) is 16.9. The van der Waals surface area contributed by atoms with Gasteiger partial charge in [-0.2, -0.15) is 4.52 Å². The lowest BCUT2D eigenvalue weighted by molar-refractivity contribution is 0.105. The van der Waals surface area contributed by atoms with E-state index in [0.29, 0.717) is 10.8 Å². The van der Waals surface area contributed by atoms with Crippen molar-refractivity contribution in [3.63, 3.8) is 0 Å². The lowest BCUT2D eigenvalue weighted by Crippen LogP contribution is -2.47. The van der Waals surface area contributed by atoms with E-state index in [2.05, 4.69) is 44.1 Å². The first-order chi connectivity index (χ1) is 15.1. The molecule has 1 aliphatic heterocycles. The molecule has 1 atom stereocenters. The Morgan fingerprint density at radius 1 is 1.06 bits per heavy atom. The molecule has 0 spiro atoms. The van der Waals surface area contributed by atoms with Crippen molar-refractivity contribution in [2.75, 3.05) is 26.2 Å². The van der Waals surface area contributed by atoms with E-state index in [1.165, 1.54) is 27.5 Å². The summed E-state index contributed by atoms with van der Waals surface area (Å²) < 4.78 is 15.6. The van der Waals surface area contributed by atoms with Crippen LogP contribution in [0.3, 0.4) is 0 Å². The molecule has 1 saturated heterocycles. The molecule has 2 aromatic carbocycles. The van der Waals surface area contributed by atoms with Gasteiger partial charge in [-0.1, -0.05) is 53.8 Å². The fourth-order valence-electron chi connectivity index (χ4n) is 4.25. The third kappa shape index (κ3) is 4.06. The number of aryl methyl sites for hydroxylation is 1. The van der Waals surface area contributed by atoms with Crippen LogP contribution in [-0.4, -0.2) is 55.7 Å². The Kier molecular flexibility index (Phi) is 5.43. The fraction of sp³-hybridized carbons (Fsp3) is 0.304. The second-order valence-electron chi connectivity index (χ2n) is 7.90. The van der Waals surface area contributed by atoms with Gasteiger partial charge in [-0.15, -0.1) is 5.10 Å². The summed E-state index contributed by atoms with van der Waals surface area (Å²) in [6.45, 7) is 6.17. The molecule has 6 nitrogen and oxygen atoms in total. The molecular formula is C23H24FN5OS. The number of fused-ring (bicyclic) bond motifs is 1. The highest BCUT2D eigenvalue weighted by Gasteiger charge is 2.31. The van der Waals surface area contributed by atoms with Gasteiger partial charge in [-0.05, 0) is 30.2 Å². The second kappa shape index (κ2) is 8.37. The van der Waals surface area contributed by atoms with E-state index in [-0.39, 0.29) is 17.7 Å². The summed E-state index contributed by atoms with van der Waals surface area (Å²) in [5.74, 6) is 0.423. The largest absolute Gasteiger partial charge is 0.492 e. The van der Waals surface area contributed by atoms with Crippen LogP contribution in [0.5, 0.6) is 5.88 Å². The topological polar surface area (TPSA) is 56.9 Å². The van der Waals surface area contributed by atoms with E-state index < -0.39 is 0 Å². The molecule has 1 fully saturated rings. The standard InChI is InChI=1S/C23H24FN5OS/c1-16-25-23-29(26-16)22(30)21(31-23)20(18-8-5-9-19(24)14-18)28-12-10-27(11-13-28)15-17-6-3-2-4-7-17/h2-9,14,20,30H,10-13,15H2,1H3. The van der Waals surface area contributed by atoms with Crippen molar-refractivity contribution in [3.05, 3.63) is 82.2 Å². The van der Waals surface area contributed by atoms with Crippen LogP contribution >= 0.6 is 11.3 Å². The zero-order valence-electron chi connectivity index (χ0n) is 17.3. The Morgan fingerprint density at radius 3 is 2.55 bits per heavy atom. The maximum Gasteiger partial charge on any atom is 0.230 e. The number of hydrogen-bond donors (Lipinski definition) is 1. The number of piperazine rings is 1. The highest BCUT2D eigenvalue weighted by atomic mass is 32.1. The summed E-state index contributed by atoms with van der Waals surface area (Å²) in [4.78, 5) is 10.5. The minimum absolute atomic E-state index is 0.0848. The quantitative estimate of drug-likeness (QED) is 0.514. The van der Waals surface area contributed by atoms with Gasteiger partial charge in [-0.25, -0.2) is 9.37 Å². The molecule has 160 valence electrons. The van der Waals surface area contributed by atoms with Crippen molar-refractivity contribution in [1.82, 2.24) is 24.4 Å². The number of halogens is 1. The van der Waals surface area contributed by atoms with Crippen molar-refractivity contribution in [2.24, 2.45) is 0 Å². The van der Waals surface area contributed by atoms with Crippen LogP contribution in [0.25, 0.3) is 4.96 Å². The van der Waals surface area contributed by atoms with Gasteiger partial charge in [0.1, 0.15) is 11.6 Å². The van der Waals surface area contributed by atoms with Crippen LogP contribution in [0.1, 0.15) is 27.9 Å². The first-order valence-corrected chi connectivity index (χ1v) is 11.2. The van der Waals surface area contributed by atoms with Crippen molar-refractivity contribution >= 4 is 16.3 Å². The van der Waals surface area contributed by atoms with E-state index in [1.807, 2.05) is 12.1 Å². The molecule has 3 heterocycles. The van der Waals surface area contributed by atoms with Gasteiger partial charge in [0, 0.05) is 32.7 Å². The molecule has 1 unspecified atom stereocenters. The van der Waals surface area contributed by atoms with E-state index in [9.17, 15) is 9.50 Å². The zero-order chi connectivity index (χ0) is 21.4. The molecule has 5 rings (SSSR count). The molecule has 0 aliphatic carbocycles. The van der Waals surface area contributed by atoms with E-state index in [4.69, 9.17) is 0 Å². The van der Waals surface area contributed by atoms with Crippen LogP contribution in [-0.2, 0) is 6.54 Å². The number of benzene rings is 2. The number of nitrogens with zero attached hydrogens (tertiary/aromatic N) is 5. The SMILES string of the molecule is Cc1nc2sc(C(c3cccc(F)c3)N3CCN(Cc4ccccc4)CC3)c(O)n2n1. The summed E-state index contributed by atoms with van der Waals surface area (Å²) in [5.41, 5.74) is 2.13. The van der Waals surface area contributed by atoms with E-state index >= 15 is 0 Å². The summed E-state index contributed by atoms with van der Waals surface area (Å²) in [5, 5.41) is 15.2. The Hall–Kier alpha value is -2.81. The number of rotatable bonds is 5. The summed E-state index contributed by atoms with van der Waals surface area (Å²) in [6.07, 6.45) is 0. The third-order valence-electron chi connectivity index (χ3n) is 5.74. The molecule has 8 heteroatoms. The molecule has 31 heavy (non-hydrogen) atoms. The molecule has 0 bridgehead atoms. The van der Waals surface area contributed by atoms with E-state index in [0.717, 1.165) is 43.2 Å². The highest BCUT2D eigenvalue weighted by molar-refractivity contribution is 7.17. The third-order valence-corrected chi connectivity index (χ3v) is 6.81. The maximum atomic E-state index is 14.1. The molecule has 0 radical (unpaired) electrons. The van der Waals surface area contributed by atoms with Gasteiger partial charge >= 0.3 is 0 Å². The molecule has 1 aliphatic rings. The lowest BCUT2D eigenvalue weighted by atomic mass is 10.0. The summed E-state index contributed by atoms with van der Waals surface area (Å²) in [7, 11) is 0. The zero-order valence-corrected chi connectivity index (χ0v) is 18.1. The predicted molar refractivity (Wildman–Crippen MR) is 119 cm³/mol. The first-order valence-electron chi connectivity index (χ1n) is 10.4. The average Bonchev–Trinajstić information content (AvgIpc) is 3.27. The van der Waals surface area contributed by atoms with Crippen LogP contribution in [0.15, 0.2) is 54.6 Å². The van der Waals surface area contributed by atoms with Gasteiger partial charge in [0.05, 0.1) is 10.9 Å². The van der Waals surface area contributed by atoms with Crippen LogP contribution < -0.4 is 0 Å². The number of aromatic hydroxyl groups is 1. The highest BCUT2D eigenvalue weighted by Crippen LogP contribution is 2.40. The van der Waals surface area contributed by atoms with Gasteiger partial charge in [-0.3, -0.25) is 9.80 Å². The number of thiazole rings is 1. The normalized spacial score (nSPS) is 16.7. The van der Waals surface area contributed by atoms with Gasteiger partial charge in [0.2, 0.25) is 10.8 Å². The predicted octanol–water partition coefficient (Wildman–Crippen LogP) is 3.85. The van der Waals surface area contributed by atoms with Gasteiger partial charge in [0.25, 0.3) is 0 Å². The van der Waals surface area contributed by atoms with Crippen LogP contribution in [0.4, 0.5) is 4.39 Å². The minimum atomic E-state index is -0.278. The number of hydrogen-bond acceptors (Lipinski definition) is 6. The number of aromatic nitrogens is 3. The Labute approximate surface area is 184 Å². The van der Waals surface area contributed by atoms with Crippen LogP contribution in [0, 0.1) is 12.7 Å². The molecule has 2 aromatic heterocycles. The van der Waals surface area contributed by atoms with Crippen LogP contribution in [0.2, 0.25) is 0 Å². The minimum Gasteiger partial charge on any atom is -0.492 e. The molecule has 1 N–H and O–H groups in total. The molecule has 4 aromatic rings. The Balaban J connectivity index is 1.43. The van der Waals surface area contributed by atoms with Gasteiger partial charge in [0.15, 0.2) is 0 Å². The Bertz CT molecular complexity index is 1180. The summed E-state index contributed by atoms with van der Waals surface area (Å²) >= 11 is 1.41. The van der Waals surface area contributed by atoms with E-state index in [1.54, 1.807) is 19.1 Å². The maximum absolute atomic E-state index is 14.1. The first kappa shape index (κ1) is 20.1. The lowest BCUT2D eigenvalue weighted by Gasteiger charge is -2.39.